The van der Waals surface area contributed by atoms with E-state index in [4.69, 9.17) is 9.84 Å². The predicted molar refractivity (Wildman–Crippen MR) is 63.0 cm³/mol. The zero-order valence-electron chi connectivity index (χ0n) is 9.34. The van der Waals surface area contributed by atoms with E-state index in [1.54, 1.807) is 25.3 Å². The second kappa shape index (κ2) is 6.37. The van der Waals surface area contributed by atoms with Crippen LogP contribution in [0.3, 0.4) is 0 Å². The van der Waals surface area contributed by atoms with Crippen LogP contribution in [0.2, 0.25) is 0 Å². The number of hydrogen-bond donors (Lipinski definition) is 1. The fraction of sp³-hybridized carbons (Fsp3) is 0.455. The number of aromatic nitrogens is 1. The topological polar surface area (TPSA) is 59.4 Å². The molecule has 88 valence electrons. The first kappa shape index (κ1) is 12.8. The van der Waals surface area contributed by atoms with Crippen molar-refractivity contribution in [2.45, 2.75) is 30.5 Å². The Morgan fingerprint density at radius 1 is 1.69 bits per heavy atom. The first-order chi connectivity index (χ1) is 7.65. The second-order valence-corrected chi connectivity index (χ2v) is 4.58. The third kappa shape index (κ3) is 3.73. The smallest absolute Gasteiger partial charge is 0.316 e. The Labute approximate surface area is 99.0 Å². The number of carbonyl (C=O) groups is 1. The van der Waals surface area contributed by atoms with Crippen molar-refractivity contribution in [2.75, 3.05) is 6.61 Å². The lowest BCUT2D eigenvalue weighted by atomic mass is 10.4. The summed E-state index contributed by atoms with van der Waals surface area (Å²) in [5.41, 5.74) is 0. The molecule has 1 aromatic rings. The van der Waals surface area contributed by atoms with Gasteiger partial charge in [-0.2, -0.15) is 0 Å². The zero-order valence-corrected chi connectivity index (χ0v) is 10.2. The van der Waals surface area contributed by atoms with Crippen molar-refractivity contribution in [3.8, 4) is 5.75 Å². The van der Waals surface area contributed by atoms with Crippen LogP contribution in [0.5, 0.6) is 5.75 Å². The number of nitrogens with zero attached hydrogens (tertiary/aromatic N) is 1. The van der Waals surface area contributed by atoms with E-state index < -0.39 is 11.2 Å². The van der Waals surface area contributed by atoms with Crippen molar-refractivity contribution in [2.24, 2.45) is 0 Å². The van der Waals surface area contributed by atoms with Gasteiger partial charge in [-0.1, -0.05) is 18.7 Å². The minimum absolute atomic E-state index is 0.529. The van der Waals surface area contributed by atoms with Crippen LogP contribution in [0.4, 0.5) is 0 Å². The molecule has 0 aliphatic carbocycles. The lowest BCUT2D eigenvalue weighted by Gasteiger charge is -2.10. The highest BCUT2D eigenvalue weighted by Crippen LogP contribution is 2.29. The molecule has 1 aromatic heterocycles. The van der Waals surface area contributed by atoms with Gasteiger partial charge < -0.3 is 9.84 Å². The Balaban J connectivity index is 2.74. The number of carboxylic acid groups (broad SMARTS) is 1. The second-order valence-electron chi connectivity index (χ2n) is 3.25. The minimum Gasteiger partial charge on any atom is -0.491 e. The van der Waals surface area contributed by atoms with Crippen LogP contribution < -0.4 is 4.74 Å². The summed E-state index contributed by atoms with van der Waals surface area (Å²) < 4.78 is 5.49. The van der Waals surface area contributed by atoms with Crippen LogP contribution in [0, 0.1) is 0 Å². The highest BCUT2D eigenvalue weighted by Gasteiger charge is 2.16. The summed E-state index contributed by atoms with van der Waals surface area (Å²) in [7, 11) is 0. The van der Waals surface area contributed by atoms with Crippen molar-refractivity contribution < 1.29 is 14.6 Å². The minimum atomic E-state index is -0.850. The van der Waals surface area contributed by atoms with E-state index in [-0.39, 0.29) is 0 Å². The lowest BCUT2D eigenvalue weighted by Crippen LogP contribution is -2.12. The zero-order chi connectivity index (χ0) is 12.0. The third-order valence-corrected chi connectivity index (χ3v) is 2.92. The number of thioether (sulfide) groups is 1. The standard InChI is InChI=1S/C11H15NO3S/c1-3-7-15-9-5-4-6-12-10(9)16-8(2)11(13)14/h4-6,8H,3,7H2,1-2H3,(H,13,14). The molecule has 0 radical (unpaired) electrons. The van der Waals surface area contributed by atoms with Crippen LogP contribution in [0.25, 0.3) is 0 Å². The van der Waals surface area contributed by atoms with Crippen LogP contribution in [0.15, 0.2) is 23.4 Å². The van der Waals surface area contributed by atoms with Crippen molar-refractivity contribution in [1.29, 1.82) is 0 Å². The Morgan fingerprint density at radius 2 is 2.44 bits per heavy atom. The van der Waals surface area contributed by atoms with Crippen LogP contribution >= 0.6 is 11.8 Å². The molecule has 5 heteroatoms. The van der Waals surface area contributed by atoms with Gasteiger partial charge in [0.1, 0.15) is 10.3 Å². The van der Waals surface area contributed by atoms with Crippen LogP contribution in [0.1, 0.15) is 20.3 Å². The molecule has 1 heterocycles. The summed E-state index contributed by atoms with van der Waals surface area (Å²) in [4.78, 5) is 14.9. The van der Waals surface area contributed by atoms with Gasteiger partial charge in [-0.05, 0) is 25.5 Å². The Bertz CT molecular complexity index is 357. The molecule has 1 rings (SSSR count). The Kier molecular flexibility index (Phi) is 5.11. The molecule has 0 saturated heterocycles. The van der Waals surface area contributed by atoms with Gasteiger partial charge in [0.05, 0.1) is 6.61 Å². The van der Waals surface area contributed by atoms with Gasteiger partial charge >= 0.3 is 5.97 Å². The van der Waals surface area contributed by atoms with Gasteiger partial charge in [-0.15, -0.1) is 0 Å². The average molecular weight is 241 g/mol. The van der Waals surface area contributed by atoms with Crippen molar-refractivity contribution in [1.82, 2.24) is 4.98 Å². The van der Waals surface area contributed by atoms with E-state index in [9.17, 15) is 4.79 Å². The van der Waals surface area contributed by atoms with Gasteiger partial charge in [-0.3, -0.25) is 4.79 Å². The van der Waals surface area contributed by atoms with Crippen molar-refractivity contribution in [3.05, 3.63) is 18.3 Å². The van der Waals surface area contributed by atoms with E-state index >= 15 is 0 Å². The Morgan fingerprint density at radius 3 is 3.06 bits per heavy atom. The molecule has 0 aliphatic heterocycles. The normalized spacial score (nSPS) is 12.1. The van der Waals surface area contributed by atoms with Crippen molar-refractivity contribution >= 4 is 17.7 Å². The predicted octanol–water partition coefficient (Wildman–Crippen LogP) is 2.44. The molecule has 0 saturated carbocycles. The lowest BCUT2D eigenvalue weighted by molar-refractivity contribution is -0.136. The fourth-order valence-corrected chi connectivity index (χ4v) is 1.80. The van der Waals surface area contributed by atoms with Gasteiger partial charge in [0.15, 0.2) is 5.75 Å². The van der Waals surface area contributed by atoms with E-state index in [1.165, 1.54) is 11.8 Å². The fourth-order valence-electron chi connectivity index (χ4n) is 1.00. The summed E-state index contributed by atoms with van der Waals surface area (Å²) >= 11 is 1.19. The largest absolute Gasteiger partial charge is 0.491 e. The molecule has 0 spiro atoms. The molecule has 1 N–H and O–H groups in total. The number of aliphatic carboxylic acids is 1. The van der Waals surface area contributed by atoms with Crippen LogP contribution in [-0.2, 0) is 4.79 Å². The number of rotatable bonds is 6. The summed E-state index contributed by atoms with van der Waals surface area (Å²) in [6.07, 6.45) is 2.54. The SMILES string of the molecule is CCCOc1cccnc1SC(C)C(=O)O. The summed E-state index contributed by atoms with van der Waals surface area (Å²) in [6, 6.07) is 3.58. The monoisotopic (exact) mass is 241 g/mol. The van der Waals surface area contributed by atoms with E-state index in [1.807, 2.05) is 6.92 Å². The molecular weight excluding hydrogens is 226 g/mol. The number of ether oxygens (including phenoxy) is 1. The summed E-state index contributed by atoms with van der Waals surface area (Å²) in [5, 5.41) is 8.92. The van der Waals surface area contributed by atoms with Crippen LogP contribution in [-0.4, -0.2) is 27.9 Å². The third-order valence-electron chi connectivity index (χ3n) is 1.83. The number of pyridine rings is 1. The highest BCUT2D eigenvalue weighted by molar-refractivity contribution is 8.00. The molecule has 0 bridgehead atoms. The maximum atomic E-state index is 10.7. The number of carboxylic acids is 1. The van der Waals surface area contributed by atoms with E-state index in [2.05, 4.69) is 4.98 Å². The van der Waals surface area contributed by atoms with Crippen molar-refractivity contribution in [3.63, 3.8) is 0 Å². The molecule has 1 atom stereocenters. The average Bonchev–Trinajstić information content (AvgIpc) is 2.27. The van der Waals surface area contributed by atoms with Gasteiger partial charge in [-0.25, -0.2) is 4.98 Å². The molecule has 16 heavy (non-hydrogen) atoms. The first-order valence-corrected chi connectivity index (χ1v) is 6.00. The molecule has 0 fully saturated rings. The quantitative estimate of drug-likeness (QED) is 0.775. The summed E-state index contributed by atoms with van der Waals surface area (Å²) in [5.74, 6) is -0.195. The molecule has 1 unspecified atom stereocenters. The molecule has 0 aromatic carbocycles. The van der Waals surface area contributed by atoms with E-state index in [0.29, 0.717) is 17.4 Å². The Hall–Kier alpha value is -1.23. The van der Waals surface area contributed by atoms with E-state index in [0.717, 1.165) is 6.42 Å². The molecule has 0 amide bonds. The molecule has 0 aliphatic rings. The maximum Gasteiger partial charge on any atom is 0.316 e. The summed E-state index contributed by atoms with van der Waals surface area (Å²) in [6.45, 7) is 4.26. The van der Waals surface area contributed by atoms with Gasteiger partial charge in [0, 0.05) is 6.20 Å². The number of hydrogen-bond acceptors (Lipinski definition) is 4. The highest BCUT2D eigenvalue weighted by atomic mass is 32.2. The van der Waals surface area contributed by atoms with Gasteiger partial charge in [0.25, 0.3) is 0 Å². The first-order valence-electron chi connectivity index (χ1n) is 5.12. The molecular formula is C11H15NO3S. The van der Waals surface area contributed by atoms with Gasteiger partial charge in [0.2, 0.25) is 0 Å². The molecule has 4 nitrogen and oxygen atoms in total. The maximum absolute atomic E-state index is 10.7.